The molecule has 0 fully saturated rings. The van der Waals surface area contributed by atoms with Crippen molar-refractivity contribution < 1.29 is 24.1 Å². The monoisotopic (exact) mass is 647 g/mol. The van der Waals surface area contributed by atoms with Gasteiger partial charge in [0.1, 0.15) is 6.61 Å². The molecule has 0 saturated heterocycles. The number of nitrogens with one attached hydrogen (secondary N) is 1. The van der Waals surface area contributed by atoms with Crippen molar-refractivity contribution in [2.45, 2.75) is 19.4 Å². The molecule has 0 amide bonds. The Balaban J connectivity index is 1.24. The van der Waals surface area contributed by atoms with Crippen molar-refractivity contribution in [2.75, 3.05) is 44.5 Å². The first-order chi connectivity index (χ1) is 21.6. The van der Waals surface area contributed by atoms with Gasteiger partial charge in [-0.1, -0.05) is 35.3 Å². The van der Waals surface area contributed by atoms with E-state index >= 15 is 0 Å². The van der Waals surface area contributed by atoms with Crippen molar-refractivity contribution in [1.82, 2.24) is 25.1 Å². The molecule has 0 spiro atoms. The Kier molecular flexibility index (Phi) is 9.84. The van der Waals surface area contributed by atoms with E-state index in [-0.39, 0.29) is 24.5 Å². The van der Waals surface area contributed by atoms with Crippen LogP contribution in [0, 0.1) is 24.6 Å². The predicted octanol–water partition coefficient (Wildman–Crippen LogP) is 5.10. The number of halogens is 1. The van der Waals surface area contributed by atoms with Gasteiger partial charge in [-0.25, -0.2) is 19.2 Å². The summed E-state index contributed by atoms with van der Waals surface area (Å²) in [6.07, 6.45) is -1.17. The molecule has 5 rings (SSSR count). The van der Waals surface area contributed by atoms with Crippen molar-refractivity contribution in [2.24, 2.45) is 0 Å². The van der Waals surface area contributed by atoms with E-state index in [9.17, 15) is 19.4 Å². The fourth-order valence-electron chi connectivity index (χ4n) is 4.13. The number of fused-ring (bicyclic) bond motifs is 1. The number of hydrogen-bond donors (Lipinski definition) is 3. The number of rotatable bonds is 11. The van der Waals surface area contributed by atoms with Gasteiger partial charge in [-0.2, -0.15) is 0 Å². The van der Waals surface area contributed by atoms with Crippen LogP contribution in [0.5, 0.6) is 5.75 Å². The summed E-state index contributed by atoms with van der Waals surface area (Å²) < 4.78 is 21.1. The molecule has 45 heavy (non-hydrogen) atoms. The molecule has 3 N–H and O–H groups in total. The lowest BCUT2D eigenvalue weighted by atomic mass is 10.2. The zero-order chi connectivity index (χ0) is 32.1. The van der Waals surface area contributed by atoms with Crippen LogP contribution in [-0.2, 0) is 6.42 Å². The van der Waals surface area contributed by atoms with E-state index in [1.807, 2.05) is 50.2 Å². The SMILES string of the molecule is Cc1cc(N(C)c2nc(C(=O)O)c(CC(O)COc3ccc(C#CCN(C)C)cc3F)s2)nnc1Nc1nc2ccccc2s1. The van der Waals surface area contributed by atoms with Crippen LogP contribution in [-0.4, -0.2) is 81.6 Å². The fraction of sp³-hybridized carbons (Fsp3) is 0.258. The highest BCUT2D eigenvalue weighted by Crippen LogP contribution is 2.33. The first kappa shape index (κ1) is 31.7. The summed E-state index contributed by atoms with van der Waals surface area (Å²) >= 11 is 2.61. The lowest BCUT2D eigenvalue weighted by Gasteiger charge is -2.15. The number of aliphatic hydroxyl groups is 1. The number of aliphatic hydroxyl groups excluding tert-OH is 1. The largest absolute Gasteiger partial charge is 0.488 e. The number of aromatic carboxylic acids is 1. The number of carbonyl (C=O) groups is 1. The van der Waals surface area contributed by atoms with Gasteiger partial charge in [0, 0.05) is 23.9 Å². The average Bonchev–Trinajstić information content (AvgIpc) is 3.61. The van der Waals surface area contributed by atoms with Crippen molar-refractivity contribution >= 4 is 60.8 Å². The van der Waals surface area contributed by atoms with Gasteiger partial charge in [-0.3, -0.25) is 4.90 Å². The maximum absolute atomic E-state index is 14.5. The Labute approximate surface area is 267 Å². The van der Waals surface area contributed by atoms with Crippen molar-refractivity contribution in [1.29, 1.82) is 0 Å². The van der Waals surface area contributed by atoms with Crippen molar-refractivity contribution in [3.63, 3.8) is 0 Å². The highest BCUT2D eigenvalue weighted by Gasteiger charge is 2.23. The van der Waals surface area contributed by atoms with Crippen LogP contribution in [0.15, 0.2) is 48.5 Å². The first-order valence-corrected chi connectivity index (χ1v) is 15.4. The van der Waals surface area contributed by atoms with Gasteiger partial charge in [0.15, 0.2) is 39.2 Å². The number of anilines is 4. The average molecular weight is 648 g/mol. The molecule has 11 nitrogen and oxygen atoms in total. The zero-order valence-electron chi connectivity index (χ0n) is 24.9. The minimum Gasteiger partial charge on any atom is -0.488 e. The van der Waals surface area contributed by atoms with Crippen molar-refractivity contribution in [3.8, 4) is 17.6 Å². The van der Waals surface area contributed by atoms with Crippen LogP contribution in [0.25, 0.3) is 10.2 Å². The van der Waals surface area contributed by atoms with E-state index in [4.69, 9.17) is 4.74 Å². The molecule has 0 aliphatic rings. The maximum Gasteiger partial charge on any atom is 0.355 e. The third-order valence-corrected chi connectivity index (χ3v) is 8.53. The molecule has 1 atom stereocenters. The van der Waals surface area contributed by atoms with Gasteiger partial charge < -0.3 is 25.2 Å². The van der Waals surface area contributed by atoms with Gasteiger partial charge in [0.25, 0.3) is 0 Å². The smallest absolute Gasteiger partial charge is 0.355 e. The number of carboxylic acids is 1. The summed E-state index contributed by atoms with van der Waals surface area (Å²) in [5.74, 6) is 4.95. The van der Waals surface area contributed by atoms with E-state index in [2.05, 4.69) is 37.3 Å². The molecule has 2 aromatic carbocycles. The summed E-state index contributed by atoms with van der Waals surface area (Å²) in [5.41, 5.74) is 2.01. The van der Waals surface area contributed by atoms with E-state index < -0.39 is 17.9 Å². The number of para-hydroxylation sites is 1. The molecular formula is C31H30FN7O4S2. The second kappa shape index (κ2) is 14.0. The van der Waals surface area contributed by atoms with Gasteiger partial charge in [-0.05, 0) is 63.0 Å². The number of ether oxygens (including phenoxy) is 1. The number of hydrogen-bond acceptors (Lipinski definition) is 12. The quantitative estimate of drug-likeness (QED) is 0.165. The number of aryl methyl sites for hydroxylation is 1. The normalized spacial score (nSPS) is 11.7. The molecule has 0 radical (unpaired) electrons. The van der Waals surface area contributed by atoms with Crippen LogP contribution in [0.4, 0.5) is 26.3 Å². The molecule has 14 heteroatoms. The second-order valence-corrected chi connectivity index (χ2v) is 12.4. The van der Waals surface area contributed by atoms with Gasteiger partial charge in [-0.15, -0.1) is 21.5 Å². The topological polar surface area (TPSA) is 137 Å². The van der Waals surface area contributed by atoms with Crippen LogP contribution in [0.1, 0.15) is 26.5 Å². The van der Waals surface area contributed by atoms with Gasteiger partial charge in [0.05, 0.1) is 22.9 Å². The van der Waals surface area contributed by atoms with Crippen LogP contribution in [0.3, 0.4) is 0 Å². The molecule has 232 valence electrons. The van der Waals surface area contributed by atoms with Gasteiger partial charge >= 0.3 is 5.97 Å². The maximum atomic E-state index is 14.5. The van der Waals surface area contributed by atoms with E-state index in [1.54, 1.807) is 24.1 Å². The Bertz CT molecular complexity index is 1870. The molecule has 0 bridgehead atoms. The zero-order valence-corrected chi connectivity index (χ0v) is 26.5. The summed E-state index contributed by atoms with van der Waals surface area (Å²) in [6.45, 7) is 2.17. The Hall–Kier alpha value is -4.68. The predicted molar refractivity (Wildman–Crippen MR) is 174 cm³/mol. The van der Waals surface area contributed by atoms with E-state index in [0.717, 1.165) is 27.1 Å². The second-order valence-electron chi connectivity index (χ2n) is 10.3. The number of carboxylic acid groups (broad SMARTS) is 1. The molecule has 1 unspecified atom stereocenters. The Morgan fingerprint density at radius 3 is 2.62 bits per heavy atom. The first-order valence-electron chi connectivity index (χ1n) is 13.7. The minimum absolute atomic E-state index is 0.0367. The molecule has 0 saturated carbocycles. The van der Waals surface area contributed by atoms with Crippen molar-refractivity contribution in [3.05, 3.63) is 76.0 Å². The van der Waals surface area contributed by atoms with Crippen LogP contribution in [0.2, 0.25) is 0 Å². The molecule has 3 heterocycles. The molecule has 5 aromatic rings. The number of thiazole rings is 2. The lowest BCUT2D eigenvalue weighted by Crippen LogP contribution is -2.21. The summed E-state index contributed by atoms with van der Waals surface area (Å²) in [7, 11) is 5.48. The number of aromatic nitrogens is 4. The highest BCUT2D eigenvalue weighted by atomic mass is 32.1. The summed E-state index contributed by atoms with van der Waals surface area (Å²) in [5, 5.41) is 33.3. The van der Waals surface area contributed by atoms with E-state index in [0.29, 0.717) is 38.9 Å². The van der Waals surface area contributed by atoms with Crippen LogP contribution < -0.4 is 15.0 Å². The molecule has 0 aliphatic carbocycles. The van der Waals surface area contributed by atoms with Crippen LogP contribution >= 0.6 is 22.7 Å². The van der Waals surface area contributed by atoms with E-state index in [1.165, 1.54) is 23.5 Å². The minimum atomic E-state index is -1.23. The Morgan fingerprint density at radius 1 is 1.11 bits per heavy atom. The lowest BCUT2D eigenvalue weighted by molar-refractivity contribution is 0.0687. The summed E-state index contributed by atoms with van der Waals surface area (Å²) in [6, 6.07) is 14.0. The number of nitrogens with zero attached hydrogens (tertiary/aromatic N) is 6. The third-order valence-electron chi connectivity index (χ3n) is 6.42. The third kappa shape index (κ3) is 7.89. The standard InChI is InChI=1S/C31H30FN7O4S2/c1-18-14-26(36-37-28(18)35-30-33-22-9-5-6-10-24(22)44-30)39(4)31-34-27(29(41)42)25(45-31)16-20(40)17-43-23-12-11-19(15-21(23)32)8-7-13-38(2)3/h5-6,9-12,14-15,20,40H,13,16-17H2,1-4H3,(H,41,42)(H,33,35,37). The Morgan fingerprint density at radius 2 is 1.91 bits per heavy atom. The molecule has 0 aliphatic heterocycles. The number of benzene rings is 2. The van der Waals surface area contributed by atoms with Gasteiger partial charge in [0.2, 0.25) is 0 Å². The molecule has 3 aromatic heterocycles. The summed E-state index contributed by atoms with van der Waals surface area (Å²) in [4.78, 5) is 24.7. The highest BCUT2D eigenvalue weighted by molar-refractivity contribution is 7.22. The fourth-order valence-corrected chi connectivity index (χ4v) is 6.08. The molecular weight excluding hydrogens is 618 g/mol.